The maximum absolute atomic E-state index is 12.2. The molecular formula is C16H12ClF2N3O3. The van der Waals surface area contributed by atoms with Gasteiger partial charge in [-0.25, -0.2) is 14.3 Å². The lowest BCUT2D eigenvalue weighted by Crippen LogP contribution is -2.10. The second-order valence-corrected chi connectivity index (χ2v) is 5.43. The highest BCUT2D eigenvalue weighted by Gasteiger charge is 2.19. The van der Waals surface area contributed by atoms with Crippen LogP contribution in [0, 0.1) is 6.92 Å². The van der Waals surface area contributed by atoms with Crippen LogP contribution in [0.2, 0.25) is 5.02 Å². The summed E-state index contributed by atoms with van der Waals surface area (Å²) in [6, 6.07) is 7.36. The van der Waals surface area contributed by atoms with Gasteiger partial charge in [-0.1, -0.05) is 11.6 Å². The number of carbonyl (C=O) groups is 1. The van der Waals surface area contributed by atoms with Gasteiger partial charge in [0.1, 0.15) is 10.8 Å². The number of hydrogen-bond donors (Lipinski definition) is 0. The summed E-state index contributed by atoms with van der Waals surface area (Å²) in [5.41, 5.74) is 1.95. The van der Waals surface area contributed by atoms with E-state index in [1.54, 1.807) is 19.1 Å². The lowest BCUT2D eigenvalue weighted by atomic mass is 10.1. The number of esters is 1. The van der Waals surface area contributed by atoms with Crippen LogP contribution in [0.3, 0.4) is 0 Å². The lowest BCUT2D eigenvalue weighted by molar-refractivity contribution is -0.0498. The summed E-state index contributed by atoms with van der Waals surface area (Å²) in [4.78, 5) is 16.5. The van der Waals surface area contributed by atoms with Crippen LogP contribution in [0.5, 0.6) is 5.75 Å². The van der Waals surface area contributed by atoms with Gasteiger partial charge in [-0.2, -0.15) is 13.9 Å². The number of hydrogen-bond acceptors (Lipinski definition) is 5. The van der Waals surface area contributed by atoms with Crippen LogP contribution in [0.15, 0.2) is 30.3 Å². The Labute approximate surface area is 145 Å². The summed E-state index contributed by atoms with van der Waals surface area (Å²) in [7, 11) is 1.25. The molecule has 0 radical (unpaired) electrons. The summed E-state index contributed by atoms with van der Waals surface area (Å²) in [6.07, 6.45) is 0. The predicted molar refractivity (Wildman–Crippen MR) is 86.1 cm³/mol. The van der Waals surface area contributed by atoms with Crippen LogP contribution in [-0.2, 0) is 4.74 Å². The first-order chi connectivity index (χ1) is 11.9. The number of rotatable bonds is 4. The molecule has 9 heteroatoms. The molecule has 6 nitrogen and oxygen atoms in total. The third-order valence-electron chi connectivity index (χ3n) is 3.46. The molecule has 0 aliphatic heterocycles. The molecule has 0 aliphatic rings. The van der Waals surface area contributed by atoms with Gasteiger partial charge in [-0.3, -0.25) is 0 Å². The van der Waals surface area contributed by atoms with E-state index in [2.05, 4.69) is 14.8 Å². The molecule has 25 heavy (non-hydrogen) atoms. The maximum atomic E-state index is 12.2. The Morgan fingerprint density at radius 3 is 2.56 bits per heavy atom. The number of carbonyl (C=O) groups excluding carboxylic acids is 1. The fourth-order valence-electron chi connectivity index (χ4n) is 2.30. The van der Waals surface area contributed by atoms with Gasteiger partial charge < -0.3 is 9.47 Å². The standard InChI is InChI=1S/C16H12ClF2N3O3/c1-8-13(17)14-20-11(7-12(15(23)24-2)22(14)21-8)9-3-5-10(6-4-9)25-16(18)19/h3-7,16H,1-2H3. The molecule has 2 heterocycles. The first kappa shape index (κ1) is 17.1. The van der Waals surface area contributed by atoms with Gasteiger partial charge in [-0.15, -0.1) is 0 Å². The van der Waals surface area contributed by atoms with Crippen LogP contribution in [0.1, 0.15) is 16.2 Å². The van der Waals surface area contributed by atoms with Crippen molar-refractivity contribution in [1.82, 2.24) is 14.6 Å². The van der Waals surface area contributed by atoms with Crippen LogP contribution < -0.4 is 4.74 Å². The Hall–Kier alpha value is -2.74. The van der Waals surface area contributed by atoms with Crippen LogP contribution in [0.25, 0.3) is 16.9 Å². The van der Waals surface area contributed by atoms with E-state index in [9.17, 15) is 13.6 Å². The monoisotopic (exact) mass is 367 g/mol. The van der Waals surface area contributed by atoms with E-state index < -0.39 is 12.6 Å². The normalized spacial score (nSPS) is 11.1. The van der Waals surface area contributed by atoms with Crippen LogP contribution in [-0.4, -0.2) is 34.3 Å². The Morgan fingerprint density at radius 2 is 1.96 bits per heavy atom. The van der Waals surface area contributed by atoms with E-state index in [1.807, 2.05) is 0 Å². The highest BCUT2D eigenvalue weighted by Crippen LogP contribution is 2.27. The molecule has 0 saturated heterocycles. The highest BCUT2D eigenvalue weighted by atomic mass is 35.5. The van der Waals surface area contributed by atoms with Gasteiger partial charge in [0, 0.05) is 5.56 Å². The Balaban J connectivity index is 2.13. The molecule has 0 bridgehead atoms. The van der Waals surface area contributed by atoms with E-state index in [-0.39, 0.29) is 11.4 Å². The molecule has 0 unspecified atom stereocenters. The second-order valence-electron chi connectivity index (χ2n) is 5.06. The fraction of sp³-hybridized carbons (Fsp3) is 0.188. The Bertz CT molecular complexity index is 942. The quantitative estimate of drug-likeness (QED) is 0.657. The van der Waals surface area contributed by atoms with Gasteiger partial charge in [0.15, 0.2) is 11.3 Å². The number of halogens is 3. The number of aromatic nitrogens is 3. The average molecular weight is 368 g/mol. The molecule has 0 N–H and O–H groups in total. The zero-order valence-corrected chi connectivity index (χ0v) is 13.9. The zero-order valence-electron chi connectivity index (χ0n) is 13.2. The molecule has 130 valence electrons. The summed E-state index contributed by atoms with van der Waals surface area (Å²) in [5.74, 6) is -0.586. The second kappa shape index (κ2) is 6.64. The molecule has 0 fully saturated rings. The van der Waals surface area contributed by atoms with E-state index in [0.29, 0.717) is 27.6 Å². The van der Waals surface area contributed by atoms with E-state index >= 15 is 0 Å². The number of ether oxygens (including phenoxy) is 2. The molecule has 0 atom stereocenters. The Kier molecular flexibility index (Phi) is 4.54. The molecule has 3 rings (SSSR count). The minimum atomic E-state index is -2.90. The number of methoxy groups -OCH3 is 1. The van der Waals surface area contributed by atoms with E-state index in [1.165, 1.54) is 29.8 Å². The van der Waals surface area contributed by atoms with Crippen molar-refractivity contribution in [3.8, 4) is 17.0 Å². The molecule has 0 amide bonds. The van der Waals surface area contributed by atoms with E-state index in [0.717, 1.165) is 0 Å². The van der Waals surface area contributed by atoms with Crippen LogP contribution in [0.4, 0.5) is 8.78 Å². The van der Waals surface area contributed by atoms with Crippen molar-refractivity contribution in [3.63, 3.8) is 0 Å². The first-order valence-corrected chi connectivity index (χ1v) is 7.48. The molecular weight excluding hydrogens is 356 g/mol. The predicted octanol–water partition coefficient (Wildman–Crippen LogP) is 3.75. The molecule has 2 aromatic heterocycles. The summed E-state index contributed by atoms with van der Waals surface area (Å²) in [5, 5.41) is 4.49. The first-order valence-electron chi connectivity index (χ1n) is 7.10. The maximum Gasteiger partial charge on any atom is 0.387 e. The number of aryl methyl sites for hydroxylation is 1. The van der Waals surface area contributed by atoms with Crippen molar-refractivity contribution in [2.45, 2.75) is 13.5 Å². The molecule has 0 aliphatic carbocycles. The summed E-state index contributed by atoms with van der Waals surface area (Å²) in [6.45, 7) is -1.21. The molecule has 1 aromatic carbocycles. The smallest absolute Gasteiger partial charge is 0.387 e. The minimum absolute atomic E-state index is 0.0197. The van der Waals surface area contributed by atoms with Gasteiger partial charge in [0.05, 0.1) is 18.5 Å². The molecule has 3 aromatic rings. The third-order valence-corrected chi connectivity index (χ3v) is 3.90. The lowest BCUT2D eigenvalue weighted by Gasteiger charge is -2.08. The van der Waals surface area contributed by atoms with Gasteiger partial charge in [0.25, 0.3) is 0 Å². The highest BCUT2D eigenvalue weighted by molar-refractivity contribution is 6.34. The van der Waals surface area contributed by atoms with Gasteiger partial charge in [-0.05, 0) is 37.3 Å². The van der Waals surface area contributed by atoms with Crippen molar-refractivity contribution < 1.29 is 23.0 Å². The third kappa shape index (κ3) is 3.25. The SMILES string of the molecule is COC(=O)c1cc(-c2ccc(OC(F)F)cc2)nc2c(Cl)c(C)nn12. The van der Waals surface area contributed by atoms with E-state index in [4.69, 9.17) is 16.3 Å². The van der Waals surface area contributed by atoms with Crippen molar-refractivity contribution in [2.24, 2.45) is 0 Å². The van der Waals surface area contributed by atoms with Gasteiger partial charge in [0.2, 0.25) is 0 Å². The minimum Gasteiger partial charge on any atom is -0.464 e. The van der Waals surface area contributed by atoms with Crippen molar-refractivity contribution >= 4 is 23.2 Å². The van der Waals surface area contributed by atoms with Crippen molar-refractivity contribution in [2.75, 3.05) is 7.11 Å². The summed E-state index contributed by atoms with van der Waals surface area (Å²) < 4.78 is 34.9. The largest absolute Gasteiger partial charge is 0.464 e. The fourth-order valence-corrected chi connectivity index (χ4v) is 2.46. The molecule has 0 spiro atoms. The topological polar surface area (TPSA) is 65.7 Å². The van der Waals surface area contributed by atoms with Gasteiger partial charge >= 0.3 is 12.6 Å². The number of fused-ring (bicyclic) bond motifs is 1. The number of benzene rings is 1. The summed E-state index contributed by atoms with van der Waals surface area (Å²) >= 11 is 6.20. The zero-order chi connectivity index (χ0) is 18.1. The van der Waals surface area contributed by atoms with Crippen molar-refractivity contribution in [3.05, 3.63) is 46.7 Å². The van der Waals surface area contributed by atoms with Crippen LogP contribution >= 0.6 is 11.6 Å². The average Bonchev–Trinajstić information content (AvgIpc) is 2.88. The number of alkyl halides is 2. The number of nitrogens with zero attached hydrogens (tertiary/aromatic N) is 3. The molecule has 0 saturated carbocycles. The Morgan fingerprint density at radius 1 is 1.28 bits per heavy atom. The van der Waals surface area contributed by atoms with Crippen molar-refractivity contribution in [1.29, 1.82) is 0 Å².